The normalized spacial score (nSPS) is 12.5. The highest BCUT2D eigenvalue weighted by Gasteiger charge is 2.29. The number of hydrogen-bond donors (Lipinski definition) is 1. The van der Waals surface area contributed by atoms with Gasteiger partial charge in [0.1, 0.15) is 0 Å². The summed E-state index contributed by atoms with van der Waals surface area (Å²) < 4.78 is 37.7. The van der Waals surface area contributed by atoms with Crippen molar-refractivity contribution in [2.75, 3.05) is 5.32 Å². The van der Waals surface area contributed by atoms with Crippen LogP contribution < -0.4 is 5.32 Å². The molecule has 1 amide bonds. The molecule has 138 valence electrons. The van der Waals surface area contributed by atoms with Gasteiger partial charge in [-0.05, 0) is 43.7 Å². The lowest BCUT2D eigenvalue weighted by atomic mass is 10.1. The van der Waals surface area contributed by atoms with E-state index in [0.717, 1.165) is 12.1 Å². The highest BCUT2D eigenvalue weighted by molar-refractivity contribution is 7.99. The summed E-state index contributed by atoms with van der Waals surface area (Å²) in [5.74, 6) is -0.0114. The summed E-state index contributed by atoms with van der Waals surface area (Å²) in [5, 5.41) is 2.29. The van der Waals surface area contributed by atoms with E-state index in [0.29, 0.717) is 22.6 Å². The first-order valence-corrected chi connectivity index (χ1v) is 8.92. The molecule has 1 atom stereocenters. The van der Waals surface area contributed by atoms with Crippen molar-refractivity contribution in [3.8, 4) is 0 Å². The number of Topliss-reactive ketones (excluding diaryl/α,β-unsaturated/α-hetero) is 1. The van der Waals surface area contributed by atoms with Crippen molar-refractivity contribution in [3.63, 3.8) is 0 Å². The van der Waals surface area contributed by atoms with E-state index >= 15 is 0 Å². The largest absolute Gasteiger partial charge is 0.416 e. The van der Waals surface area contributed by atoms with Crippen LogP contribution in [0, 0.1) is 0 Å². The van der Waals surface area contributed by atoms with Gasteiger partial charge in [0.15, 0.2) is 5.78 Å². The summed E-state index contributed by atoms with van der Waals surface area (Å²) in [6.07, 6.45) is -4.36. The molecule has 0 saturated carbocycles. The summed E-state index contributed by atoms with van der Waals surface area (Å²) in [4.78, 5) is 23.9. The third-order valence-electron chi connectivity index (χ3n) is 3.71. The second-order valence-corrected chi connectivity index (χ2v) is 7.07. The molecule has 2 aromatic rings. The highest BCUT2D eigenvalue weighted by Crippen LogP contribution is 2.30. The minimum Gasteiger partial charge on any atom is -0.324 e. The van der Waals surface area contributed by atoms with Gasteiger partial charge in [-0.2, -0.15) is 13.2 Å². The van der Waals surface area contributed by atoms with Crippen LogP contribution in [0.5, 0.6) is 0 Å². The van der Waals surface area contributed by atoms with E-state index in [4.69, 9.17) is 0 Å². The van der Waals surface area contributed by atoms with Crippen LogP contribution >= 0.6 is 11.8 Å². The average molecular weight is 381 g/mol. The van der Waals surface area contributed by atoms with Crippen molar-refractivity contribution in [1.82, 2.24) is 0 Å². The Balaban J connectivity index is 1.95. The molecule has 0 bridgehead atoms. The van der Waals surface area contributed by atoms with E-state index in [1.807, 2.05) is 0 Å². The minimum absolute atomic E-state index is 0.147. The molecule has 1 unspecified atom stereocenters. The Hall–Kier alpha value is -2.28. The summed E-state index contributed by atoms with van der Waals surface area (Å²) in [5.41, 5.74) is 0.887. The number of hydrogen-bond acceptors (Lipinski definition) is 3. The van der Waals surface area contributed by atoms with Gasteiger partial charge in [-0.15, -0.1) is 11.8 Å². The zero-order valence-corrected chi connectivity index (χ0v) is 15.1. The van der Waals surface area contributed by atoms with Crippen molar-refractivity contribution in [1.29, 1.82) is 0 Å². The number of halogens is 3. The van der Waals surface area contributed by atoms with Gasteiger partial charge in [0.05, 0.1) is 16.5 Å². The van der Waals surface area contributed by atoms with Gasteiger partial charge in [-0.3, -0.25) is 9.59 Å². The SMILES string of the molecule is CC(=O)c1ccccc1NC(=O)C(C)SCc1ccc(C(F)(F)F)cc1. The predicted octanol–water partition coefficient (Wildman–Crippen LogP) is 5.17. The van der Waals surface area contributed by atoms with Crippen LogP contribution in [0.25, 0.3) is 0 Å². The summed E-state index contributed by atoms with van der Waals surface area (Å²) in [6, 6.07) is 11.6. The number of amides is 1. The van der Waals surface area contributed by atoms with Crippen LogP contribution in [0.3, 0.4) is 0 Å². The lowest BCUT2D eigenvalue weighted by molar-refractivity contribution is -0.137. The monoisotopic (exact) mass is 381 g/mol. The first-order valence-electron chi connectivity index (χ1n) is 7.87. The van der Waals surface area contributed by atoms with E-state index in [1.54, 1.807) is 31.2 Å². The molecule has 0 heterocycles. The zero-order chi connectivity index (χ0) is 19.3. The fraction of sp³-hybridized carbons (Fsp3) is 0.263. The smallest absolute Gasteiger partial charge is 0.324 e. The molecule has 3 nitrogen and oxygen atoms in total. The van der Waals surface area contributed by atoms with Gasteiger partial charge in [-0.25, -0.2) is 0 Å². The topological polar surface area (TPSA) is 46.2 Å². The van der Waals surface area contributed by atoms with Crippen LogP contribution in [-0.2, 0) is 16.7 Å². The minimum atomic E-state index is -4.36. The lowest BCUT2D eigenvalue weighted by Gasteiger charge is -2.14. The number of carbonyl (C=O) groups excluding carboxylic acids is 2. The molecule has 1 N–H and O–H groups in total. The van der Waals surface area contributed by atoms with E-state index in [2.05, 4.69) is 5.32 Å². The number of ketones is 1. The summed E-state index contributed by atoms with van der Waals surface area (Å²) in [6.45, 7) is 3.13. The van der Waals surface area contributed by atoms with Gasteiger partial charge in [-0.1, -0.05) is 24.3 Å². The number of thioether (sulfide) groups is 1. The van der Waals surface area contributed by atoms with E-state index in [9.17, 15) is 22.8 Å². The van der Waals surface area contributed by atoms with Gasteiger partial charge in [0.2, 0.25) is 5.91 Å². The Labute approximate surface area is 154 Å². The van der Waals surface area contributed by atoms with Crippen LogP contribution in [0.4, 0.5) is 18.9 Å². The molecular formula is C19H18F3NO2S. The lowest BCUT2D eigenvalue weighted by Crippen LogP contribution is -2.23. The van der Waals surface area contributed by atoms with E-state index in [1.165, 1.54) is 30.8 Å². The molecule has 0 aliphatic carbocycles. The highest BCUT2D eigenvalue weighted by atomic mass is 32.2. The second kappa shape index (κ2) is 8.40. The van der Waals surface area contributed by atoms with Crippen LogP contribution in [0.15, 0.2) is 48.5 Å². The zero-order valence-electron chi connectivity index (χ0n) is 14.3. The van der Waals surface area contributed by atoms with Crippen molar-refractivity contribution in [2.45, 2.75) is 31.0 Å². The number of benzene rings is 2. The van der Waals surface area contributed by atoms with E-state index in [-0.39, 0.29) is 11.7 Å². The molecule has 0 aliphatic heterocycles. The Kier molecular flexibility index (Phi) is 6.47. The molecular weight excluding hydrogens is 363 g/mol. The average Bonchev–Trinajstić information content (AvgIpc) is 2.59. The molecule has 2 rings (SSSR count). The van der Waals surface area contributed by atoms with Crippen molar-refractivity contribution < 1.29 is 22.8 Å². The molecule has 7 heteroatoms. The first kappa shape index (κ1) is 20.0. The molecule has 0 radical (unpaired) electrons. The quantitative estimate of drug-likeness (QED) is 0.703. The fourth-order valence-corrected chi connectivity index (χ4v) is 3.07. The number of nitrogens with one attached hydrogen (secondary N) is 1. The number of anilines is 1. The van der Waals surface area contributed by atoms with Crippen LogP contribution in [-0.4, -0.2) is 16.9 Å². The molecule has 0 aliphatic rings. The predicted molar refractivity (Wildman–Crippen MR) is 97.3 cm³/mol. The second-order valence-electron chi connectivity index (χ2n) is 5.74. The van der Waals surface area contributed by atoms with Gasteiger partial charge < -0.3 is 5.32 Å². The van der Waals surface area contributed by atoms with Crippen LogP contribution in [0.1, 0.15) is 35.3 Å². The molecule has 0 aromatic heterocycles. The summed E-state index contributed by atoms with van der Waals surface area (Å²) >= 11 is 1.31. The molecule has 0 saturated heterocycles. The van der Waals surface area contributed by atoms with Gasteiger partial charge >= 0.3 is 6.18 Å². The van der Waals surface area contributed by atoms with Crippen LogP contribution in [0.2, 0.25) is 0 Å². The van der Waals surface area contributed by atoms with Gasteiger partial charge in [0.25, 0.3) is 0 Å². The number of para-hydroxylation sites is 1. The maximum absolute atomic E-state index is 12.6. The van der Waals surface area contributed by atoms with Crippen molar-refractivity contribution in [2.24, 2.45) is 0 Å². The van der Waals surface area contributed by atoms with E-state index < -0.39 is 17.0 Å². The maximum atomic E-state index is 12.6. The molecule has 0 fully saturated rings. The molecule has 2 aromatic carbocycles. The number of alkyl halides is 3. The Morgan fingerprint density at radius 3 is 2.27 bits per heavy atom. The summed E-state index contributed by atoms with van der Waals surface area (Å²) in [7, 11) is 0. The first-order chi connectivity index (χ1) is 12.2. The Morgan fingerprint density at radius 2 is 1.69 bits per heavy atom. The Bertz CT molecular complexity index is 788. The van der Waals surface area contributed by atoms with Crippen molar-refractivity contribution in [3.05, 3.63) is 65.2 Å². The standard InChI is InChI=1S/C19H18F3NO2S/c1-12(24)16-5-3-4-6-17(16)23-18(25)13(2)26-11-14-7-9-15(10-8-14)19(20,21)22/h3-10,13H,11H2,1-2H3,(H,23,25). The third kappa shape index (κ3) is 5.36. The van der Waals surface area contributed by atoms with Gasteiger partial charge in [0, 0.05) is 11.3 Å². The third-order valence-corrected chi connectivity index (χ3v) is 4.93. The number of rotatable bonds is 6. The number of carbonyl (C=O) groups is 2. The molecule has 0 spiro atoms. The Morgan fingerprint density at radius 1 is 1.08 bits per heavy atom. The van der Waals surface area contributed by atoms with Crippen molar-refractivity contribution >= 4 is 29.1 Å². The maximum Gasteiger partial charge on any atom is 0.416 e. The molecule has 26 heavy (non-hydrogen) atoms. The fourth-order valence-electron chi connectivity index (χ4n) is 2.22.